The Balaban J connectivity index is 0.000000271. The third kappa shape index (κ3) is 3.81. The van der Waals surface area contributed by atoms with Crippen LogP contribution in [0.2, 0.25) is 0 Å². The Morgan fingerprint density at radius 3 is 2.46 bits per heavy atom. The van der Waals surface area contributed by atoms with E-state index in [0.717, 1.165) is 11.5 Å². The van der Waals surface area contributed by atoms with Crippen LogP contribution in [0.4, 0.5) is 10.1 Å². The number of aromatic nitrogens is 1. The zero-order valence-electron chi connectivity index (χ0n) is 16.0. The highest BCUT2D eigenvalue weighted by Gasteiger charge is 2.24. The number of nitrogens with one attached hydrogen (secondary N) is 1. The predicted octanol–water partition coefficient (Wildman–Crippen LogP) is 5.02. The van der Waals surface area contributed by atoms with Gasteiger partial charge in [0.05, 0.1) is 11.4 Å². The lowest BCUT2D eigenvalue weighted by atomic mass is 9.97. The van der Waals surface area contributed by atoms with Gasteiger partial charge < -0.3 is 14.9 Å². The van der Waals surface area contributed by atoms with Crippen LogP contribution in [0.5, 0.6) is 5.75 Å². The lowest BCUT2D eigenvalue weighted by Crippen LogP contribution is -2.02. The summed E-state index contributed by atoms with van der Waals surface area (Å²) in [6, 6.07) is 9.87. The van der Waals surface area contributed by atoms with Crippen molar-refractivity contribution in [3.63, 3.8) is 0 Å². The van der Waals surface area contributed by atoms with Gasteiger partial charge in [-0.25, -0.2) is 4.39 Å². The predicted molar refractivity (Wildman–Crippen MR) is 107 cm³/mol. The SMILES string of the molecule is C=C1C(=O)Nc2cc(O)c(-c3ccc(CC)c(F)c3)cc21.Cc1cc(C)on1. The Hall–Kier alpha value is -3.41. The average Bonchev–Trinajstić information content (AvgIpc) is 3.16. The molecule has 1 aromatic heterocycles. The molecular formula is C22H21FN2O3. The number of phenols is 1. The fourth-order valence-electron chi connectivity index (χ4n) is 2.99. The zero-order valence-corrected chi connectivity index (χ0v) is 16.0. The normalized spacial score (nSPS) is 12.3. The smallest absolute Gasteiger partial charge is 0.255 e. The molecule has 2 N–H and O–H groups in total. The van der Waals surface area contributed by atoms with Crippen molar-refractivity contribution in [2.24, 2.45) is 0 Å². The number of aromatic hydroxyl groups is 1. The molecule has 0 unspecified atom stereocenters. The topological polar surface area (TPSA) is 75.4 Å². The van der Waals surface area contributed by atoms with Crippen molar-refractivity contribution in [1.29, 1.82) is 0 Å². The number of nitrogens with zero attached hydrogens (tertiary/aromatic N) is 1. The van der Waals surface area contributed by atoms with Crippen LogP contribution in [0.15, 0.2) is 47.5 Å². The van der Waals surface area contributed by atoms with Crippen LogP contribution in [-0.2, 0) is 11.2 Å². The number of rotatable bonds is 2. The molecule has 4 rings (SSSR count). The van der Waals surface area contributed by atoms with Gasteiger partial charge in [-0.05, 0) is 43.5 Å². The third-order valence-electron chi connectivity index (χ3n) is 4.47. The van der Waals surface area contributed by atoms with Crippen molar-refractivity contribution >= 4 is 17.2 Å². The summed E-state index contributed by atoms with van der Waals surface area (Å²) < 4.78 is 18.6. The summed E-state index contributed by atoms with van der Waals surface area (Å²) in [6.45, 7) is 9.37. The molecule has 1 amide bonds. The summed E-state index contributed by atoms with van der Waals surface area (Å²) in [7, 11) is 0. The summed E-state index contributed by atoms with van der Waals surface area (Å²) in [5.41, 5.74) is 4.12. The molecule has 5 nitrogen and oxygen atoms in total. The molecule has 0 aliphatic carbocycles. The van der Waals surface area contributed by atoms with Gasteiger partial charge in [-0.3, -0.25) is 4.79 Å². The Kier molecular flexibility index (Phi) is 5.31. The maximum atomic E-state index is 13.9. The highest BCUT2D eigenvalue weighted by Crippen LogP contribution is 2.40. The van der Waals surface area contributed by atoms with Gasteiger partial charge in [0.15, 0.2) is 0 Å². The fourth-order valence-corrected chi connectivity index (χ4v) is 2.99. The minimum Gasteiger partial charge on any atom is -0.507 e. The number of fused-ring (bicyclic) bond motifs is 1. The first-order valence-electron chi connectivity index (χ1n) is 8.86. The van der Waals surface area contributed by atoms with E-state index in [1.165, 1.54) is 12.1 Å². The maximum absolute atomic E-state index is 13.9. The molecule has 28 heavy (non-hydrogen) atoms. The third-order valence-corrected chi connectivity index (χ3v) is 4.47. The molecule has 6 heteroatoms. The first kappa shape index (κ1) is 19.4. The molecule has 144 valence electrons. The van der Waals surface area contributed by atoms with Crippen molar-refractivity contribution in [3.05, 3.63) is 71.4 Å². The summed E-state index contributed by atoms with van der Waals surface area (Å²) in [5, 5.41) is 16.4. The Morgan fingerprint density at radius 1 is 1.18 bits per heavy atom. The molecule has 1 aliphatic heterocycles. The minimum atomic E-state index is -0.303. The highest BCUT2D eigenvalue weighted by atomic mass is 19.1. The molecule has 3 aromatic rings. The number of carbonyl (C=O) groups is 1. The van der Waals surface area contributed by atoms with E-state index >= 15 is 0 Å². The summed E-state index contributed by atoms with van der Waals surface area (Å²) >= 11 is 0. The second-order valence-electron chi connectivity index (χ2n) is 6.59. The molecular weight excluding hydrogens is 359 g/mol. The molecule has 0 fully saturated rings. The van der Waals surface area contributed by atoms with E-state index in [4.69, 9.17) is 4.52 Å². The first-order valence-corrected chi connectivity index (χ1v) is 8.86. The molecule has 2 heterocycles. The van der Waals surface area contributed by atoms with Crippen molar-refractivity contribution in [2.75, 3.05) is 5.32 Å². The Labute approximate surface area is 162 Å². The average molecular weight is 380 g/mol. The van der Waals surface area contributed by atoms with Crippen LogP contribution in [0, 0.1) is 19.7 Å². The Bertz CT molecular complexity index is 1050. The molecule has 0 atom stereocenters. The molecule has 0 spiro atoms. The standard InChI is InChI=1S/C17H14FNO2.C5H7NO/c1-3-10-4-5-11(6-14(10)18)13-7-12-9(2)17(21)19-15(12)8-16(13)20;1-4-3-5(2)7-6-4/h4-8,20H,2-3H2,1H3,(H,19,21);3H,1-2H3. The summed E-state index contributed by atoms with van der Waals surface area (Å²) in [5.74, 6) is 0.280. The number of anilines is 1. The van der Waals surface area contributed by atoms with Gasteiger partial charge in [0.2, 0.25) is 0 Å². The van der Waals surface area contributed by atoms with Gasteiger partial charge in [0.1, 0.15) is 17.3 Å². The maximum Gasteiger partial charge on any atom is 0.255 e. The van der Waals surface area contributed by atoms with Crippen LogP contribution in [0.1, 0.15) is 29.5 Å². The Morgan fingerprint density at radius 2 is 1.93 bits per heavy atom. The minimum absolute atomic E-state index is 0.00704. The van der Waals surface area contributed by atoms with Crippen LogP contribution in [0.25, 0.3) is 16.7 Å². The molecule has 0 bridgehead atoms. The number of benzene rings is 2. The molecule has 0 radical (unpaired) electrons. The lowest BCUT2D eigenvalue weighted by molar-refractivity contribution is -0.110. The number of hydrogen-bond donors (Lipinski definition) is 2. The van der Waals surface area contributed by atoms with E-state index in [2.05, 4.69) is 17.1 Å². The van der Waals surface area contributed by atoms with E-state index in [1.807, 2.05) is 26.8 Å². The molecule has 2 aromatic carbocycles. The monoisotopic (exact) mass is 380 g/mol. The van der Waals surface area contributed by atoms with Crippen molar-refractivity contribution in [1.82, 2.24) is 5.16 Å². The van der Waals surface area contributed by atoms with Crippen molar-refractivity contribution < 1.29 is 18.8 Å². The van der Waals surface area contributed by atoms with E-state index in [0.29, 0.717) is 39.9 Å². The van der Waals surface area contributed by atoms with Crippen LogP contribution in [-0.4, -0.2) is 16.2 Å². The number of amides is 1. The van der Waals surface area contributed by atoms with Crippen molar-refractivity contribution in [3.8, 4) is 16.9 Å². The van der Waals surface area contributed by atoms with Gasteiger partial charge >= 0.3 is 0 Å². The van der Waals surface area contributed by atoms with Crippen molar-refractivity contribution in [2.45, 2.75) is 27.2 Å². The summed E-state index contributed by atoms with van der Waals surface area (Å²) in [4.78, 5) is 11.6. The van der Waals surface area contributed by atoms with Gasteiger partial charge in [0.25, 0.3) is 5.91 Å². The second kappa shape index (κ2) is 7.68. The quantitative estimate of drug-likeness (QED) is 0.612. The van der Waals surface area contributed by atoms with E-state index in [-0.39, 0.29) is 17.5 Å². The van der Waals surface area contributed by atoms with Gasteiger partial charge in [0, 0.05) is 28.8 Å². The van der Waals surface area contributed by atoms with Gasteiger partial charge in [-0.2, -0.15) is 0 Å². The lowest BCUT2D eigenvalue weighted by Gasteiger charge is -2.09. The van der Waals surface area contributed by atoms with Crippen LogP contribution >= 0.6 is 0 Å². The molecule has 0 saturated carbocycles. The number of hydrogen-bond acceptors (Lipinski definition) is 4. The number of phenolic OH excluding ortho intramolecular Hbond substituents is 1. The zero-order chi connectivity index (χ0) is 20.4. The second-order valence-corrected chi connectivity index (χ2v) is 6.59. The number of carbonyl (C=O) groups excluding carboxylic acids is 1. The number of aryl methyl sites for hydroxylation is 3. The largest absolute Gasteiger partial charge is 0.507 e. The summed E-state index contributed by atoms with van der Waals surface area (Å²) in [6.07, 6.45) is 0.609. The molecule has 1 aliphatic rings. The van der Waals surface area contributed by atoms with E-state index < -0.39 is 0 Å². The fraction of sp³-hybridized carbons (Fsp3) is 0.182. The van der Waals surface area contributed by atoms with Gasteiger partial charge in [-0.15, -0.1) is 0 Å². The molecule has 0 saturated heterocycles. The first-order chi connectivity index (χ1) is 13.3. The highest BCUT2D eigenvalue weighted by molar-refractivity contribution is 6.31. The number of halogens is 1. The van der Waals surface area contributed by atoms with Crippen LogP contribution in [0.3, 0.4) is 0 Å². The van der Waals surface area contributed by atoms with Crippen LogP contribution < -0.4 is 5.32 Å². The van der Waals surface area contributed by atoms with Gasteiger partial charge in [-0.1, -0.05) is 30.8 Å². The van der Waals surface area contributed by atoms with E-state index in [1.54, 1.807) is 18.2 Å². The van der Waals surface area contributed by atoms with E-state index in [9.17, 15) is 14.3 Å².